The summed E-state index contributed by atoms with van der Waals surface area (Å²) in [6.07, 6.45) is 1.38. The first-order valence-electron chi connectivity index (χ1n) is 6.31. The Morgan fingerprint density at radius 2 is 1.91 bits per heavy atom. The van der Waals surface area contributed by atoms with E-state index < -0.39 is 0 Å². The van der Waals surface area contributed by atoms with Crippen molar-refractivity contribution in [3.05, 3.63) is 70.0 Å². The summed E-state index contributed by atoms with van der Waals surface area (Å²) in [5.41, 5.74) is 0.827. The maximum atomic E-state index is 13.6. The number of benzene rings is 2. The molecule has 0 aliphatic carbocycles. The van der Waals surface area contributed by atoms with Crippen molar-refractivity contribution in [1.82, 2.24) is 0 Å². The molecular weight excluding hydrogens is 303 g/mol. The van der Waals surface area contributed by atoms with E-state index >= 15 is 0 Å². The number of allylic oxidation sites excluding steroid dienone is 1. The van der Waals surface area contributed by atoms with Crippen molar-refractivity contribution in [1.29, 1.82) is 10.5 Å². The molecule has 3 nitrogen and oxygen atoms in total. The van der Waals surface area contributed by atoms with Crippen molar-refractivity contribution < 1.29 is 9.13 Å². The molecule has 0 saturated carbocycles. The van der Waals surface area contributed by atoms with Gasteiger partial charge < -0.3 is 4.74 Å². The molecule has 0 spiro atoms. The van der Waals surface area contributed by atoms with Crippen LogP contribution < -0.4 is 4.74 Å². The molecule has 0 unspecified atom stereocenters. The van der Waals surface area contributed by atoms with Gasteiger partial charge in [-0.15, -0.1) is 0 Å². The van der Waals surface area contributed by atoms with Crippen molar-refractivity contribution in [3.8, 4) is 17.9 Å². The van der Waals surface area contributed by atoms with E-state index in [0.29, 0.717) is 21.9 Å². The second-order valence-electron chi connectivity index (χ2n) is 4.34. The first-order chi connectivity index (χ1) is 10.6. The van der Waals surface area contributed by atoms with E-state index in [1.807, 2.05) is 0 Å². The Hall–Kier alpha value is -2.82. The summed E-state index contributed by atoms with van der Waals surface area (Å²) in [5, 5.41) is 18.1. The average molecular weight is 313 g/mol. The molecule has 2 aromatic rings. The van der Waals surface area contributed by atoms with E-state index in [1.165, 1.54) is 12.1 Å². The molecule has 0 amide bonds. The molecule has 0 aliphatic rings. The molecule has 0 heterocycles. The summed E-state index contributed by atoms with van der Waals surface area (Å²) in [4.78, 5) is 0. The Bertz CT molecular complexity index is 787. The van der Waals surface area contributed by atoms with Gasteiger partial charge in [0, 0.05) is 16.1 Å². The molecule has 2 aromatic carbocycles. The monoisotopic (exact) mass is 312 g/mol. The molecule has 0 fully saturated rings. The van der Waals surface area contributed by atoms with Crippen LogP contribution in [-0.4, -0.2) is 0 Å². The van der Waals surface area contributed by atoms with Crippen LogP contribution in [0.5, 0.6) is 5.75 Å². The van der Waals surface area contributed by atoms with Crippen molar-refractivity contribution in [2.75, 3.05) is 0 Å². The zero-order valence-electron chi connectivity index (χ0n) is 11.4. The fourth-order valence-electron chi connectivity index (χ4n) is 1.78. The third-order valence-corrected chi connectivity index (χ3v) is 3.09. The fourth-order valence-corrected chi connectivity index (χ4v) is 1.96. The largest absolute Gasteiger partial charge is 0.488 e. The molecule has 0 saturated heterocycles. The minimum absolute atomic E-state index is 0.0313. The van der Waals surface area contributed by atoms with Crippen LogP contribution in [0.3, 0.4) is 0 Å². The van der Waals surface area contributed by atoms with E-state index in [4.69, 9.17) is 26.9 Å². The third-order valence-electron chi connectivity index (χ3n) is 2.85. The Kier molecular flexibility index (Phi) is 5.14. The number of hydrogen-bond donors (Lipinski definition) is 0. The van der Waals surface area contributed by atoms with Gasteiger partial charge in [0.1, 0.15) is 35.9 Å². The molecular formula is C17H10ClFN2O. The lowest BCUT2D eigenvalue weighted by molar-refractivity contribution is 0.299. The highest BCUT2D eigenvalue weighted by Crippen LogP contribution is 2.26. The summed E-state index contributed by atoms with van der Waals surface area (Å²) >= 11 is 5.92. The van der Waals surface area contributed by atoms with E-state index in [9.17, 15) is 4.39 Å². The van der Waals surface area contributed by atoms with Crippen LogP contribution in [0.2, 0.25) is 5.02 Å². The van der Waals surface area contributed by atoms with Crippen LogP contribution in [0.25, 0.3) is 6.08 Å². The van der Waals surface area contributed by atoms with Crippen LogP contribution >= 0.6 is 11.6 Å². The van der Waals surface area contributed by atoms with Gasteiger partial charge in [-0.2, -0.15) is 10.5 Å². The van der Waals surface area contributed by atoms with Crippen LogP contribution in [0.4, 0.5) is 4.39 Å². The first kappa shape index (κ1) is 15.6. The molecule has 0 bridgehead atoms. The lowest BCUT2D eigenvalue weighted by Gasteiger charge is -2.10. The highest BCUT2D eigenvalue weighted by Gasteiger charge is 2.07. The number of nitrogens with zero attached hydrogens (tertiary/aromatic N) is 2. The Morgan fingerprint density at radius 3 is 2.59 bits per heavy atom. The van der Waals surface area contributed by atoms with Gasteiger partial charge in [-0.1, -0.05) is 29.8 Å². The van der Waals surface area contributed by atoms with Gasteiger partial charge >= 0.3 is 0 Å². The van der Waals surface area contributed by atoms with Gasteiger partial charge in [0.15, 0.2) is 0 Å². The number of ether oxygens (including phenoxy) is 1. The summed E-state index contributed by atoms with van der Waals surface area (Å²) in [5.74, 6) is 0.0546. The minimum atomic E-state index is -0.358. The Labute approximate surface area is 132 Å². The summed E-state index contributed by atoms with van der Waals surface area (Å²) in [7, 11) is 0. The van der Waals surface area contributed by atoms with Gasteiger partial charge in [-0.05, 0) is 30.3 Å². The maximum absolute atomic E-state index is 13.6. The molecule has 0 radical (unpaired) electrons. The molecule has 0 aliphatic heterocycles. The summed E-state index contributed by atoms with van der Waals surface area (Å²) in [6, 6.07) is 14.6. The van der Waals surface area contributed by atoms with Crippen LogP contribution in [0.15, 0.2) is 48.0 Å². The smallest absolute Gasteiger partial charge is 0.130 e. The van der Waals surface area contributed by atoms with Crippen molar-refractivity contribution in [3.63, 3.8) is 0 Å². The third kappa shape index (κ3) is 3.85. The molecule has 2 rings (SSSR count). The normalized spacial score (nSPS) is 9.45. The first-order valence-corrected chi connectivity index (χ1v) is 6.69. The lowest BCUT2D eigenvalue weighted by atomic mass is 10.1. The molecule has 0 aromatic heterocycles. The van der Waals surface area contributed by atoms with Crippen molar-refractivity contribution in [2.24, 2.45) is 0 Å². The van der Waals surface area contributed by atoms with E-state index in [-0.39, 0.29) is 18.0 Å². The number of nitriles is 2. The van der Waals surface area contributed by atoms with Gasteiger partial charge in [-0.25, -0.2) is 4.39 Å². The average Bonchev–Trinajstić information content (AvgIpc) is 2.53. The second kappa shape index (κ2) is 7.26. The second-order valence-corrected chi connectivity index (χ2v) is 4.78. The van der Waals surface area contributed by atoms with Gasteiger partial charge in [0.2, 0.25) is 0 Å². The van der Waals surface area contributed by atoms with E-state index in [0.717, 1.165) is 0 Å². The maximum Gasteiger partial charge on any atom is 0.130 e. The highest BCUT2D eigenvalue weighted by atomic mass is 35.5. The van der Waals surface area contributed by atoms with Gasteiger partial charge in [0.05, 0.1) is 0 Å². The summed E-state index contributed by atoms with van der Waals surface area (Å²) in [6.45, 7) is 0.0313. The Morgan fingerprint density at radius 1 is 1.18 bits per heavy atom. The fraction of sp³-hybridized carbons (Fsp3) is 0.0588. The molecule has 0 atom stereocenters. The topological polar surface area (TPSA) is 56.8 Å². The molecule has 0 N–H and O–H groups in total. The van der Waals surface area contributed by atoms with Crippen molar-refractivity contribution in [2.45, 2.75) is 6.61 Å². The molecule has 22 heavy (non-hydrogen) atoms. The standard InChI is InChI=1S/C17H10ClFN2O/c18-15-5-6-17(14(8-15)7-12(9-20)10-21)22-11-13-3-1-2-4-16(13)19/h1-8H,11H2. The van der Waals surface area contributed by atoms with E-state index in [2.05, 4.69) is 0 Å². The quantitative estimate of drug-likeness (QED) is 0.782. The highest BCUT2D eigenvalue weighted by molar-refractivity contribution is 6.30. The zero-order chi connectivity index (χ0) is 15.9. The minimum Gasteiger partial charge on any atom is -0.488 e. The number of rotatable bonds is 4. The Balaban J connectivity index is 2.29. The SMILES string of the molecule is N#CC(C#N)=Cc1cc(Cl)ccc1OCc1ccccc1F. The van der Waals surface area contributed by atoms with Gasteiger partial charge in [0.25, 0.3) is 0 Å². The predicted molar refractivity (Wildman–Crippen MR) is 81.4 cm³/mol. The van der Waals surface area contributed by atoms with Crippen LogP contribution in [0, 0.1) is 28.5 Å². The van der Waals surface area contributed by atoms with Gasteiger partial charge in [-0.3, -0.25) is 0 Å². The number of halogens is 2. The lowest BCUT2D eigenvalue weighted by Crippen LogP contribution is -1.99. The van der Waals surface area contributed by atoms with E-state index in [1.54, 1.807) is 48.5 Å². The van der Waals surface area contributed by atoms with Crippen LogP contribution in [-0.2, 0) is 6.61 Å². The van der Waals surface area contributed by atoms with Crippen LogP contribution in [0.1, 0.15) is 11.1 Å². The molecule has 108 valence electrons. The zero-order valence-corrected chi connectivity index (χ0v) is 12.1. The molecule has 5 heteroatoms. The number of hydrogen-bond acceptors (Lipinski definition) is 3. The predicted octanol–water partition coefficient (Wildman–Crippen LogP) is 4.49. The van der Waals surface area contributed by atoms with Crippen molar-refractivity contribution >= 4 is 17.7 Å². The summed E-state index contributed by atoms with van der Waals surface area (Å²) < 4.78 is 19.2.